The van der Waals surface area contributed by atoms with E-state index in [4.69, 9.17) is 10.5 Å². The number of hydrogen-bond donors (Lipinski definition) is 2. The maximum atomic E-state index is 5.55. The van der Waals surface area contributed by atoms with Gasteiger partial charge < -0.3 is 15.8 Å². The Morgan fingerprint density at radius 1 is 1.77 bits per heavy atom. The van der Waals surface area contributed by atoms with Gasteiger partial charge in [0.25, 0.3) is 0 Å². The minimum absolute atomic E-state index is 0.366. The number of nitrogen functional groups attached to an aromatic ring is 1. The van der Waals surface area contributed by atoms with Gasteiger partial charge in [0.2, 0.25) is 0 Å². The van der Waals surface area contributed by atoms with Crippen LogP contribution in [0.4, 0.5) is 10.1 Å². The lowest BCUT2D eigenvalue weighted by molar-refractivity contribution is 0.191. The highest BCUT2D eigenvalue weighted by Crippen LogP contribution is 2.20. The van der Waals surface area contributed by atoms with Crippen molar-refractivity contribution in [1.82, 2.24) is 4.98 Å². The second-order valence-corrected chi connectivity index (χ2v) is 3.96. The van der Waals surface area contributed by atoms with E-state index in [1.54, 1.807) is 13.3 Å². The summed E-state index contributed by atoms with van der Waals surface area (Å²) in [7, 11) is 1.70. The number of hydrogen-bond acceptors (Lipinski definition) is 5. The molecule has 0 aliphatic rings. The van der Waals surface area contributed by atoms with Crippen LogP contribution in [0.3, 0.4) is 0 Å². The molecule has 74 valence electrons. The third-order valence-electron chi connectivity index (χ3n) is 1.65. The SMILES string of the molecule is COCCC(C)Nc1ncc(N)s1. The van der Waals surface area contributed by atoms with Crippen molar-refractivity contribution in [3.05, 3.63) is 6.20 Å². The standard InChI is InChI=1S/C8H15N3OS/c1-6(3-4-12-2)11-8-10-5-7(9)13-8/h5-6H,3-4,9H2,1-2H3,(H,10,11). The fourth-order valence-corrected chi connectivity index (χ4v) is 1.63. The van der Waals surface area contributed by atoms with Crippen molar-refractivity contribution in [1.29, 1.82) is 0 Å². The smallest absolute Gasteiger partial charge is 0.184 e. The zero-order chi connectivity index (χ0) is 9.68. The number of aromatic nitrogens is 1. The lowest BCUT2D eigenvalue weighted by atomic mass is 10.2. The number of nitrogens with two attached hydrogens (primary N) is 1. The van der Waals surface area contributed by atoms with E-state index in [2.05, 4.69) is 17.2 Å². The molecule has 13 heavy (non-hydrogen) atoms. The second kappa shape index (κ2) is 5.04. The summed E-state index contributed by atoms with van der Waals surface area (Å²) in [6.07, 6.45) is 2.63. The van der Waals surface area contributed by atoms with E-state index in [0.29, 0.717) is 6.04 Å². The Hall–Kier alpha value is -0.810. The average molecular weight is 201 g/mol. The normalized spacial score (nSPS) is 12.8. The molecule has 0 radical (unpaired) electrons. The largest absolute Gasteiger partial charge is 0.389 e. The quantitative estimate of drug-likeness (QED) is 0.759. The number of thiazole rings is 1. The Kier molecular flexibility index (Phi) is 3.98. The molecule has 0 fully saturated rings. The van der Waals surface area contributed by atoms with E-state index in [9.17, 15) is 0 Å². The fourth-order valence-electron chi connectivity index (χ4n) is 0.931. The summed E-state index contributed by atoms with van der Waals surface area (Å²) in [5, 5.41) is 4.86. The predicted molar refractivity (Wildman–Crippen MR) is 56.1 cm³/mol. The zero-order valence-corrected chi connectivity index (χ0v) is 8.73. The van der Waals surface area contributed by atoms with Crippen LogP contribution < -0.4 is 11.1 Å². The number of nitrogens with zero attached hydrogens (tertiary/aromatic N) is 1. The van der Waals surface area contributed by atoms with Gasteiger partial charge in [-0.15, -0.1) is 0 Å². The first-order valence-corrected chi connectivity index (χ1v) is 5.01. The Morgan fingerprint density at radius 3 is 3.08 bits per heavy atom. The molecule has 3 N–H and O–H groups in total. The first-order valence-electron chi connectivity index (χ1n) is 4.19. The van der Waals surface area contributed by atoms with Gasteiger partial charge in [-0.05, 0) is 13.3 Å². The van der Waals surface area contributed by atoms with Gasteiger partial charge >= 0.3 is 0 Å². The molecule has 4 nitrogen and oxygen atoms in total. The molecule has 1 rings (SSSR count). The molecule has 5 heteroatoms. The number of nitrogens with one attached hydrogen (secondary N) is 1. The molecular weight excluding hydrogens is 186 g/mol. The van der Waals surface area contributed by atoms with E-state index in [1.165, 1.54) is 11.3 Å². The van der Waals surface area contributed by atoms with Crippen LogP contribution in [0.5, 0.6) is 0 Å². The number of anilines is 2. The van der Waals surface area contributed by atoms with E-state index >= 15 is 0 Å². The minimum atomic E-state index is 0.366. The summed E-state index contributed by atoms with van der Waals surface area (Å²) in [5.41, 5.74) is 5.55. The van der Waals surface area contributed by atoms with Crippen LogP contribution in [0.15, 0.2) is 6.20 Å². The molecule has 1 aromatic rings. The first-order chi connectivity index (χ1) is 6.22. The highest BCUT2D eigenvalue weighted by molar-refractivity contribution is 7.19. The molecule has 1 aromatic heterocycles. The summed E-state index contributed by atoms with van der Waals surface area (Å²) in [6, 6.07) is 0.366. The van der Waals surface area contributed by atoms with Crippen LogP contribution in [-0.4, -0.2) is 24.7 Å². The monoisotopic (exact) mass is 201 g/mol. The van der Waals surface area contributed by atoms with Crippen LogP contribution in [0, 0.1) is 0 Å². The number of rotatable bonds is 5. The van der Waals surface area contributed by atoms with Crippen LogP contribution in [0.25, 0.3) is 0 Å². The van der Waals surface area contributed by atoms with Gasteiger partial charge in [0, 0.05) is 19.8 Å². The number of ether oxygens (including phenoxy) is 1. The molecular formula is C8H15N3OS. The zero-order valence-electron chi connectivity index (χ0n) is 7.91. The molecule has 1 heterocycles. The van der Waals surface area contributed by atoms with E-state index < -0.39 is 0 Å². The predicted octanol–water partition coefficient (Wildman–Crippen LogP) is 1.56. The van der Waals surface area contributed by atoms with Crippen molar-refractivity contribution < 1.29 is 4.74 Å². The van der Waals surface area contributed by atoms with E-state index in [0.717, 1.165) is 23.2 Å². The molecule has 1 atom stereocenters. The van der Waals surface area contributed by atoms with Crippen LogP contribution in [-0.2, 0) is 4.74 Å². The minimum Gasteiger partial charge on any atom is -0.389 e. The molecule has 0 aromatic carbocycles. The van der Waals surface area contributed by atoms with E-state index in [1.807, 2.05) is 0 Å². The second-order valence-electron chi connectivity index (χ2n) is 2.89. The maximum Gasteiger partial charge on any atom is 0.184 e. The van der Waals surface area contributed by atoms with Crippen molar-refractivity contribution >= 4 is 21.5 Å². The van der Waals surface area contributed by atoms with Crippen molar-refractivity contribution in [2.24, 2.45) is 0 Å². The van der Waals surface area contributed by atoms with Crippen LogP contribution >= 0.6 is 11.3 Å². The molecule has 0 saturated heterocycles. The highest BCUT2D eigenvalue weighted by Gasteiger charge is 2.04. The highest BCUT2D eigenvalue weighted by atomic mass is 32.1. The summed E-state index contributed by atoms with van der Waals surface area (Å²) in [4.78, 5) is 4.11. The molecule has 0 aliphatic carbocycles. The molecule has 0 spiro atoms. The van der Waals surface area contributed by atoms with Gasteiger partial charge in [0.05, 0.1) is 6.20 Å². The molecule has 0 bridgehead atoms. The van der Waals surface area contributed by atoms with Gasteiger partial charge in [-0.2, -0.15) is 0 Å². The molecule has 0 aliphatic heterocycles. The van der Waals surface area contributed by atoms with Crippen molar-refractivity contribution in [2.75, 3.05) is 24.8 Å². The van der Waals surface area contributed by atoms with Gasteiger partial charge in [-0.1, -0.05) is 11.3 Å². The van der Waals surface area contributed by atoms with Crippen LogP contribution in [0.2, 0.25) is 0 Å². The van der Waals surface area contributed by atoms with Crippen molar-refractivity contribution in [3.8, 4) is 0 Å². The topological polar surface area (TPSA) is 60.2 Å². The van der Waals surface area contributed by atoms with Gasteiger partial charge in [-0.3, -0.25) is 0 Å². The van der Waals surface area contributed by atoms with Crippen molar-refractivity contribution in [2.45, 2.75) is 19.4 Å². The Labute approximate surface area is 82.1 Å². The Balaban J connectivity index is 2.31. The Bertz CT molecular complexity index is 251. The fraction of sp³-hybridized carbons (Fsp3) is 0.625. The third-order valence-corrected chi connectivity index (χ3v) is 2.41. The molecule has 1 unspecified atom stereocenters. The van der Waals surface area contributed by atoms with Gasteiger partial charge in [-0.25, -0.2) is 4.98 Å². The number of methoxy groups -OCH3 is 1. The molecule has 0 saturated carbocycles. The van der Waals surface area contributed by atoms with Crippen molar-refractivity contribution in [3.63, 3.8) is 0 Å². The maximum absolute atomic E-state index is 5.55. The van der Waals surface area contributed by atoms with Gasteiger partial charge in [0.15, 0.2) is 5.13 Å². The Morgan fingerprint density at radius 2 is 2.54 bits per heavy atom. The van der Waals surface area contributed by atoms with E-state index in [-0.39, 0.29) is 0 Å². The summed E-state index contributed by atoms with van der Waals surface area (Å²) in [6.45, 7) is 2.85. The first kappa shape index (κ1) is 10.3. The summed E-state index contributed by atoms with van der Waals surface area (Å²) >= 11 is 1.46. The van der Waals surface area contributed by atoms with Crippen LogP contribution in [0.1, 0.15) is 13.3 Å². The lowest BCUT2D eigenvalue weighted by Crippen LogP contribution is -2.16. The lowest BCUT2D eigenvalue weighted by Gasteiger charge is -2.11. The summed E-state index contributed by atoms with van der Waals surface area (Å²) < 4.78 is 4.97. The van der Waals surface area contributed by atoms with Gasteiger partial charge in [0.1, 0.15) is 5.00 Å². The summed E-state index contributed by atoms with van der Waals surface area (Å²) in [5.74, 6) is 0. The molecule has 0 amide bonds. The third kappa shape index (κ3) is 3.61. The average Bonchev–Trinajstić information content (AvgIpc) is 2.48.